The van der Waals surface area contributed by atoms with Gasteiger partial charge in [-0.2, -0.15) is 0 Å². The third kappa shape index (κ3) is 6.24. The van der Waals surface area contributed by atoms with Crippen molar-refractivity contribution in [2.75, 3.05) is 13.6 Å². The van der Waals surface area contributed by atoms with Crippen molar-refractivity contribution in [2.45, 2.75) is 65.6 Å². The minimum Gasteiger partial charge on any atom is -0.481 e. The summed E-state index contributed by atoms with van der Waals surface area (Å²) in [5, 5.41) is 0. The lowest BCUT2D eigenvalue weighted by Crippen LogP contribution is -2.41. The van der Waals surface area contributed by atoms with E-state index in [1.54, 1.807) is 18.2 Å². The lowest BCUT2D eigenvalue weighted by molar-refractivity contribution is -0.138. The number of carbonyl (C=O) groups excluding carboxylic acids is 2. The number of benzene rings is 2. The minimum absolute atomic E-state index is 0.0968. The van der Waals surface area contributed by atoms with Crippen LogP contribution in [0.15, 0.2) is 65.3 Å². The van der Waals surface area contributed by atoms with Crippen molar-refractivity contribution >= 4 is 11.8 Å². The highest BCUT2D eigenvalue weighted by Crippen LogP contribution is 2.38. The minimum atomic E-state index is -0.613. The predicted molar refractivity (Wildman–Crippen MR) is 144 cm³/mol. The highest BCUT2D eigenvalue weighted by atomic mass is 16.5. The van der Waals surface area contributed by atoms with Crippen LogP contribution >= 0.6 is 0 Å². The summed E-state index contributed by atoms with van der Waals surface area (Å²) in [5.41, 5.74) is 4.54. The summed E-state index contributed by atoms with van der Waals surface area (Å²) in [4.78, 5) is 30.1. The molecule has 0 spiro atoms. The summed E-state index contributed by atoms with van der Waals surface area (Å²) in [5.74, 6) is 1.73. The highest BCUT2D eigenvalue weighted by Gasteiger charge is 2.33. The third-order valence-corrected chi connectivity index (χ3v) is 6.92. The first-order valence-electron chi connectivity index (χ1n) is 13.2. The van der Waals surface area contributed by atoms with E-state index in [9.17, 15) is 9.59 Å². The Balaban J connectivity index is 1.62. The van der Waals surface area contributed by atoms with Crippen LogP contribution in [0.4, 0.5) is 0 Å². The quantitative estimate of drug-likeness (QED) is 0.364. The van der Waals surface area contributed by atoms with Crippen molar-refractivity contribution in [2.24, 2.45) is 5.92 Å². The van der Waals surface area contributed by atoms with Gasteiger partial charge < -0.3 is 19.0 Å². The first-order chi connectivity index (χ1) is 17.8. The Hall–Kier alpha value is -3.54. The lowest BCUT2D eigenvalue weighted by atomic mass is 9.87. The summed E-state index contributed by atoms with van der Waals surface area (Å²) in [6.07, 6.45) is 2.84. The van der Waals surface area contributed by atoms with Crippen LogP contribution in [-0.2, 0) is 22.6 Å². The molecule has 2 aromatic carbocycles. The van der Waals surface area contributed by atoms with E-state index in [1.165, 1.54) is 11.1 Å². The molecule has 6 nitrogen and oxygen atoms in total. The zero-order chi connectivity index (χ0) is 26.5. The van der Waals surface area contributed by atoms with Gasteiger partial charge in [0, 0.05) is 20.0 Å². The van der Waals surface area contributed by atoms with E-state index in [4.69, 9.17) is 9.15 Å². The van der Waals surface area contributed by atoms with Crippen LogP contribution < -0.4 is 4.74 Å². The molecule has 2 atom stereocenters. The third-order valence-electron chi connectivity index (χ3n) is 6.92. The second kappa shape index (κ2) is 11.7. The molecule has 0 fully saturated rings. The molecule has 0 saturated heterocycles. The zero-order valence-corrected chi connectivity index (χ0v) is 22.6. The highest BCUT2D eigenvalue weighted by molar-refractivity contribution is 5.81. The van der Waals surface area contributed by atoms with Crippen molar-refractivity contribution in [3.8, 4) is 5.75 Å². The van der Waals surface area contributed by atoms with Crippen LogP contribution in [0.1, 0.15) is 67.7 Å². The second-order valence-corrected chi connectivity index (χ2v) is 10.4. The van der Waals surface area contributed by atoms with Crippen LogP contribution in [0, 0.1) is 12.8 Å². The Bertz CT molecular complexity index is 1200. The van der Waals surface area contributed by atoms with Gasteiger partial charge in [0.2, 0.25) is 5.91 Å². The molecule has 196 valence electrons. The molecule has 0 radical (unpaired) electrons. The zero-order valence-electron chi connectivity index (χ0n) is 22.6. The number of carbonyl (C=O) groups is 2. The molecule has 1 aromatic heterocycles. The summed E-state index contributed by atoms with van der Waals surface area (Å²) in [6, 6.07) is 17.9. The summed E-state index contributed by atoms with van der Waals surface area (Å²) in [6.45, 7) is 9.24. The van der Waals surface area contributed by atoms with Crippen molar-refractivity contribution in [3.63, 3.8) is 0 Å². The van der Waals surface area contributed by atoms with Gasteiger partial charge >= 0.3 is 0 Å². The lowest BCUT2D eigenvalue weighted by Gasteiger charge is -2.38. The summed E-state index contributed by atoms with van der Waals surface area (Å²) < 4.78 is 11.7. The Morgan fingerprint density at radius 2 is 1.89 bits per heavy atom. The normalized spacial score (nSPS) is 15.8. The van der Waals surface area contributed by atoms with Gasteiger partial charge in [-0.05, 0) is 66.6 Å². The molecule has 2 amide bonds. The molecule has 0 unspecified atom stereocenters. The van der Waals surface area contributed by atoms with Gasteiger partial charge in [-0.1, -0.05) is 56.7 Å². The number of fused-ring (bicyclic) bond motifs is 1. The molecular formula is C31H38N2O4. The maximum absolute atomic E-state index is 13.3. The SMILES string of the molecule is CC[C@H](Oc1ccc2c(c1)[C@H](c1ccc(C)cc1)N(C(=O)CC(C)C)CC2)C(=O)N(C)Cc1ccco1. The monoisotopic (exact) mass is 502 g/mol. The summed E-state index contributed by atoms with van der Waals surface area (Å²) >= 11 is 0. The Morgan fingerprint density at radius 1 is 1.14 bits per heavy atom. The predicted octanol–water partition coefficient (Wildman–Crippen LogP) is 5.92. The maximum Gasteiger partial charge on any atom is 0.263 e. The Kier molecular flexibility index (Phi) is 8.37. The van der Waals surface area contributed by atoms with E-state index in [-0.39, 0.29) is 23.8 Å². The fourth-order valence-electron chi connectivity index (χ4n) is 4.94. The topological polar surface area (TPSA) is 63.0 Å². The molecule has 4 rings (SSSR count). The number of amides is 2. The molecule has 3 aromatic rings. The molecular weight excluding hydrogens is 464 g/mol. The van der Waals surface area contributed by atoms with E-state index >= 15 is 0 Å². The van der Waals surface area contributed by atoms with E-state index in [0.29, 0.717) is 31.7 Å². The maximum atomic E-state index is 13.3. The molecule has 1 aliphatic heterocycles. The van der Waals surface area contributed by atoms with Crippen molar-refractivity contribution in [1.82, 2.24) is 9.80 Å². The smallest absolute Gasteiger partial charge is 0.263 e. The number of hydrogen-bond acceptors (Lipinski definition) is 4. The van der Waals surface area contributed by atoms with E-state index < -0.39 is 6.10 Å². The molecule has 6 heteroatoms. The number of nitrogens with zero attached hydrogens (tertiary/aromatic N) is 2. The van der Waals surface area contributed by atoms with Gasteiger partial charge in [-0.15, -0.1) is 0 Å². The average Bonchev–Trinajstić information content (AvgIpc) is 3.39. The first-order valence-corrected chi connectivity index (χ1v) is 13.2. The molecule has 2 heterocycles. The molecule has 37 heavy (non-hydrogen) atoms. The fourth-order valence-corrected chi connectivity index (χ4v) is 4.94. The Morgan fingerprint density at radius 3 is 2.54 bits per heavy atom. The van der Waals surface area contributed by atoms with Gasteiger partial charge in [-0.25, -0.2) is 0 Å². The number of furan rings is 1. The second-order valence-electron chi connectivity index (χ2n) is 10.4. The number of aryl methyl sites for hydroxylation is 1. The molecule has 0 bridgehead atoms. The van der Waals surface area contributed by atoms with Crippen LogP contribution in [0.5, 0.6) is 5.75 Å². The first kappa shape index (κ1) is 26.5. The van der Waals surface area contributed by atoms with Gasteiger partial charge in [0.25, 0.3) is 5.91 Å². The van der Waals surface area contributed by atoms with E-state index in [2.05, 4.69) is 51.1 Å². The van der Waals surface area contributed by atoms with E-state index in [0.717, 1.165) is 23.3 Å². The van der Waals surface area contributed by atoms with Gasteiger partial charge in [-0.3, -0.25) is 9.59 Å². The van der Waals surface area contributed by atoms with Crippen molar-refractivity contribution in [3.05, 3.63) is 88.9 Å². The van der Waals surface area contributed by atoms with Gasteiger partial charge in [0.15, 0.2) is 6.10 Å². The number of hydrogen-bond donors (Lipinski definition) is 0. The van der Waals surface area contributed by atoms with E-state index in [1.807, 2.05) is 36.1 Å². The van der Waals surface area contributed by atoms with Gasteiger partial charge in [0.1, 0.15) is 11.5 Å². The average molecular weight is 503 g/mol. The van der Waals surface area contributed by atoms with Crippen LogP contribution in [0.25, 0.3) is 0 Å². The molecule has 0 saturated carbocycles. The summed E-state index contributed by atoms with van der Waals surface area (Å²) in [7, 11) is 1.76. The van der Waals surface area contributed by atoms with Crippen molar-refractivity contribution in [1.29, 1.82) is 0 Å². The number of likely N-dealkylation sites (N-methyl/N-ethyl adjacent to an activating group) is 1. The van der Waals surface area contributed by atoms with Crippen LogP contribution in [0.2, 0.25) is 0 Å². The van der Waals surface area contributed by atoms with Gasteiger partial charge in [0.05, 0.1) is 18.8 Å². The molecule has 0 N–H and O–H groups in total. The number of rotatable bonds is 9. The number of ether oxygens (including phenoxy) is 1. The molecule has 0 aliphatic carbocycles. The fraction of sp³-hybridized carbons (Fsp3) is 0.419. The largest absolute Gasteiger partial charge is 0.481 e. The van der Waals surface area contributed by atoms with Crippen molar-refractivity contribution < 1.29 is 18.7 Å². The molecule has 1 aliphatic rings. The van der Waals surface area contributed by atoms with Crippen LogP contribution in [-0.4, -0.2) is 41.3 Å². The Labute approximate surface area is 220 Å². The van der Waals surface area contributed by atoms with Crippen LogP contribution in [0.3, 0.4) is 0 Å². The standard InChI is InChI=1S/C31H38N2O4/c1-6-28(31(35)32(5)20-26-8-7-17-36-26)37-25-14-13-23-15-16-33(29(34)18-21(2)3)30(27(23)19-25)24-11-9-22(4)10-12-24/h7-14,17,19,21,28,30H,6,15-16,18,20H2,1-5H3/t28-,30-/m0/s1.